The fourth-order valence-electron chi connectivity index (χ4n) is 1.88. The summed E-state index contributed by atoms with van der Waals surface area (Å²) in [4.78, 5) is 0. The van der Waals surface area contributed by atoms with E-state index in [2.05, 4.69) is 17.4 Å². The van der Waals surface area contributed by atoms with Crippen LogP contribution in [0.2, 0.25) is 0 Å². The van der Waals surface area contributed by atoms with Crippen LogP contribution < -0.4 is 5.32 Å². The van der Waals surface area contributed by atoms with E-state index in [1.807, 2.05) is 31.2 Å². The van der Waals surface area contributed by atoms with Crippen molar-refractivity contribution < 1.29 is 4.39 Å². The Morgan fingerprint density at radius 2 is 1.76 bits per heavy atom. The molecule has 88 valence electrons. The molecular weight excluding hydrogens is 213 g/mol. The smallest absolute Gasteiger partial charge is 0.128 e. The molecule has 0 bridgehead atoms. The number of nitrogens with one attached hydrogen (secondary N) is 1. The van der Waals surface area contributed by atoms with E-state index in [-0.39, 0.29) is 5.82 Å². The predicted molar refractivity (Wildman–Crippen MR) is 69.5 cm³/mol. The minimum absolute atomic E-state index is 0.134. The average Bonchev–Trinajstić information content (AvgIpc) is 2.37. The summed E-state index contributed by atoms with van der Waals surface area (Å²) in [5.74, 6) is -0.134. The third kappa shape index (κ3) is 2.84. The van der Waals surface area contributed by atoms with E-state index < -0.39 is 0 Å². The summed E-state index contributed by atoms with van der Waals surface area (Å²) in [7, 11) is 0. The zero-order chi connectivity index (χ0) is 12.1. The van der Waals surface area contributed by atoms with E-state index in [1.54, 1.807) is 6.07 Å². The van der Waals surface area contributed by atoms with Crippen molar-refractivity contribution in [2.24, 2.45) is 0 Å². The van der Waals surface area contributed by atoms with E-state index in [9.17, 15) is 4.39 Å². The van der Waals surface area contributed by atoms with Gasteiger partial charge in [-0.3, -0.25) is 0 Å². The fraction of sp³-hybridized carbons (Fsp3) is 0.200. The van der Waals surface area contributed by atoms with Crippen molar-refractivity contribution in [1.29, 1.82) is 0 Å². The third-order valence-corrected chi connectivity index (χ3v) is 2.80. The van der Waals surface area contributed by atoms with Crippen LogP contribution >= 0.6 is 0 Å². The lowest BCUT2D eigenvalue weighted by atomic mass is 10.1. The Morgan fingerprint density at radius 3 is 2.47 bits per heavy atom. The maximum absolute atomic E-state index is 13.5. The van der Waals surface area contributed by atoms with Gasteiger partial charge in [-0.1, -0.05) is 43.3 Å². The molecule has 2 rings (SSSR count). The predicted octanol–water partition coefficient (Wildman–Crippen LogP) is 4.00. The molecule has 0 fully saturated rings. The van der Waals surface area contributed by atoms with Gasteiger partial charge in [0.25, 0.3) is 0 Å². The van der Waals surface area contributed by atoms with Crippen LogP contribution in [0.4, 0.5) is 10.1 Å². The van der Waals surface area contributed by atoms with Crippen molar-refractivity contribution in [2.75, 3.05) is 5.32 Å². The van der Waals surface area contributed by atoms with E-state index in [0.717, 1.165) is 17.8 Å². The first kappa shape index (κ1) is 11.6. The quantitative estimate of drug-likeness (QED) is 0.835. The molecule has 0 amide bonds. The van der Waals surface area contributed by atoms with Crippen LogP contribution in [0.5, 0.6) is 0 Å². The minimum atomic E-state index is -0.134. The van der Waals surface area contributed by atoms with E-state index in [1.165, 1.54) is 11.6 Å². The van der Waals surface area contributed by atoms with Crippen LogP contribution in [0.1, 0.15) is 18.1 Å². The molecule has 0 aromatic heterocycles. The maximum atomic E-state index is 13.5. The van der Waals surface area contributed by atoms with Gasteiger partial charge in [-0.25, -0.2) is 4.39 Å². The normalized spacial score (nSPS) is 10.2. The number of halogens is 1. The lowest BCUT2D eigenvalue weighted by Gasteiger charge is -2.11. The lowest BCUT2D eigenvalue weighted by Crippen LogP contribution is -2.03. The van der Waals surface area contributed by atoms with Crippen molar-refractivity contribution in [3.63, 3.8) is 0 Å². The highest BCUT2D eigenvalue weighted by Crippen LogP contribution is 2.20. The van der Waals surface area contributed by atoms with Gasteiger partial charge in [0, 0.05) is 17.8 Å². The van der Waals surface area contributed by atoms with E-state index in [4.69, 9.17) is 0 Å². The van der Waals surface area contributed by atoms with Gasteiger partial charge < -0.3 is 5.32 Å². The second-order valence-electron chi connectivity index (χ2n) is 3.96. The number of rotatable bonds is 4. The van der Waals surface area contributed by atoms with E-state index >= 15 is 0 Å². The van der Waals surface area contributed by atoms with Gasteiger partial charge >= 0.3 is 0 Å². The summed E-state index contributed by atoms with van der Waals surface area (Å²) in [5.41, 5.74) is 2.83. The van der Waals surface area contributed by atoms with Gasteiger partial charge in [0.1, 0.15) is 5.82 Å². The largest absolute Gasteiger partial charge is 0.381 e. The number of hydrogen-bond donors (Lipinski definition) is 1. The summed E-state index contributed by atoms with van der Waals surface area (Å²) in [6.07, 6.45) is 0.698. The Bertz CT molecular complexity index is 480. The van der Waals surface area contributed by atoms with Crippen LogP contribution in [0.15, 0.2) is 48.5 Å². The highest BCUT2D eigenvalue weighted by molar-refractivity contribution is 5.52. The number of benzene rings is 2. The second kappa shape index (κ2) is 5.48. The molecule has 1 N–H and O–H groups in total. The van der Waals surface area contributed by atoms with Crippen LogP contribution in [-0.4, -0.2) is 0 Å². The highest BCUT2D eigenvalue weighted by atomic mass is 19.1. The first-order chi connectivity index (χ1) is 8.31. The Kier molecular flexibility index (Phi) is 3.76. The standard InChI is InChI=1S/C15H16FN/c1-2-13-14(16)9-6-10-15(13)17-11-12-7-4-3-5-8-12/h3-10,17H,2,11H2,1H3. The molecule has 0 saturated heterocycles. The molecule has 2 aromatic rings. The Hall–Kier alpha value is -1.83. The summed E-state index contributed by atoms with van der Waals surface area (Å²) >= 11 is 0. The molecule has 2 aromatic carbocycles. The molecule has 0 radical (unpaired) electrons. The van der Waals surface area contributed by atoms with Crippen LogP contribution in [0.25, 0.3) is 0 Å². The molecule has 2 heteroatoms. The first-order valence-corrected chi connectivity index (χ1v) is 5.86. The summed E-state index contributed by atoms with van der Waals surface area (Å²) in [6, 6.07) is 15.3. The average molecular weight is 229 g/mol. The molecule has 0 heterocycles. The van der Waals surface area contributed by atoms with Crippen LogP contribution in [0, 0.1) is 5.82 Å². The molecule has 0 aliphatic carbocycles. The topological polar surface area (TPSA) is 12.0 Å². The Labute approximate surface area is 101 Å². The van der Waals surface area contributed by atoms with E-state index in [0.29, 0.717) is 6.42 Å². The summed E-state index contributed by atoms with van der Waals surface area (Å²) in [5, 5.41) is 3.28. The monoisotopic (exact) mass is 229 g/mol. The minimum Gasteiger partial charge on any atom is -0.381 e. The summed E-state index contributed by atoms with van der Waals surface area (Å²) < 4.78 is 13.5. The first-order valence-electron chi connectivity index (χ1n) is 5.86. The van der Waals surface area contributed by atoms with Gasteiger partial charge in [0.2, 0.25) is 0 Å². The van der Waals surface area contributed by atoms with Crippen molar-refractivity contribution in [3.05, 3.63) is 65.5 Å². The Morgan fingerprint density at radius 1 is 1.00 bits per heavy atom. The summed E-state index contributed by atoms with van der Waals surface area (Å²) in [6.45, 7) is 2.68. The van der Waals surface area contributed by atoms with Gasteiger partial charge in [0.15, 0.2) is 0 Å². The Balaban J connectivity index is 2.12. The second-order valence-corrected chi connectivity index (χ2v) is 3.96. The number of anilines is 1. The lowest BCUT2D eigenvalue weighted by molar-refractivity contribution is 0.613. The molecule has 0 spiro atoms. The zero-order valence-corrected chi connectivity index (χ0v) is 9.91. The van der Waals surface area contributed by atoms with Crippen molar-refractivity contribution in [3.8, 4) is 0 Å². The third-order valence-electron chi connectivity index (χ3n) is 2.80. The molecular formula is C15H16FN. The SMILES string of the molecule is CCc1c(F)cccc1NCc1ccccc1. The zero-order valence-electron chi connectivity index (χ0n) is 9.91. The van der Waals surface area contributed by atoms with Gasteiger partial charge in [-0.05, 0) is 24.1 Å². The molecule has 17 heavy (non-hydrogen) atoms. The van der Waals surface area contributed by atoms with Crippen molar-refractivity contribution >= 4 is 5.69 Å². The highest BCUT2D eigenvalue weighted by Gasteiger charge is 2.05. The molecule has 0 unspecified atom stereocenters. The van der Waals surface area contributed by atoms with Crippen LogP contribution in [0.3, 0.4) is 0 Å². The van der Waals surface area contributed by atoms with Crippen molar-refractivity contribution in [1.82, 2.24) is 0 Å². The molecule has 0 aliphatic rings. The number of hydrogen-bond acceptors (Lipinski definition) is 1. The molecule has 1 nitrogen and oxygen atoms in total. The van der Waals surface area contributed by atoms with Gasteiger partial charge in [-0.2, -0.15) is 0 Å². The maximum Gasteiger partial charge on any atom is 0.128 e. The van der Waals surface area contributed by atoms with Crippen molar-refractivity contribution in [2.45, 2.75) is 19.9 Å². The van der Waals surface area contributed by atoms with Crippen LogP contribution in [-0.2, 0) is 13.0 Å². The molecule has 0 saturated carbocycles. The van der Waals surface area contributed by atoms with Gasteiger partial charge in [0.05, 0.1) is 0 Å². The van der Waals surface area contributed by atoms with Gasteiger partial charge in [-0.15, -0.1) is 0 Å². The fourth-order valence-corrected chi connectivity index (χ4v) is 1.88. The molecule has 0 aliphatic heterocycles. The molecule has 0 atom stereocenters.